The smallest absolute Gasteiger partial charge is 0.267 e. The molecule has 2 rings (SSSR count). The van der Waals surface area contributed by atoms with Crippen LogP contribution in [0.5, 0.6) is 0 Å². The summed E-state index contributed by atoms with van der Waals surface area (Å²) in [7, 11) is 0. The van der Waals surface area contributed by atoms with Crippen LogP contribution in [0.25, 0.3) is 0 Å². The van der Waals surface area contributed by atoms with Crippen molar-refractivity contribution in [2.24, 2.45) is 0 Å². The number of benzene rings is 1. The Balaban J connectivity index is 2.05. The SMILES string of the molecule is Cc1ccc(N/C=C(/C#N)C(=O)Nc2ccc(N)cc2)nc1. The molecule has 110 valence electrons. The van der Waals surface area contributed by atoms with Crippen molar-refractivity contribution in [3.63, 3.8) is 0 Å². The number of anilines is 3. The van der Waals surface area contributed by atoms with Gasteiger partial charge in [-0.25, -0.2) is 4.98 Å². The van der Waals surface area contributed by atoms with Crippen LogP contribution in [0.4, 0.5) is 17.2 Å². The molecule has 4 N–H and O–H groups in total. The van der Waals surface area contributed by atoms with Crippen molar-refractivity contribution in [1.82, 2.24) is 4.98 Å². The Morgan fingerprint density at radius 3 is 2.59 bits per heavy atom. The highest BCUT2D eigenvalue weighted by Gasteiger charge is 2.09. The Hall–Kier alpha value is -3.33. The molecule has 0 saturated heterocycles. The van der Waals surface area contributed by atoms with Crippen molar-refractivity contribution >= 4 is 23.1 Å². The van der Waals surface area contributed by atoms with Gasteiger partial charge >= 0.3 is 0 Å². The highest BCUT2D eigenvalue weighted by molar-refractivity contribution is 6.06. The van der Waals surface area contributed by atoms with Crippen molar-refractivity contribution in [2.45, 2.75) is 6.92 Å². The fraction of sp³-hybridized carbons (Fsp3) is 0.0625. The van der Waals surface area contributed by atoms with Gasteiger partial charge in [-0.05, 0) is 42.8 Å². The molecule has 1 aromatic heterocycles. The van der Waals surface area contributed by atoms with E-state index in [0.717, 1.165) is 5.56 Å². The van der Waals surface area contributed by atoms with E-state index in [4.69, 9.17) is 11.0 Å². The number of nitrogens with two attached hydrogens (primary N) is 1. The van der Waals surface area contributed by atoms with Gasteiger partial charge in [0.05, 0.1) is 0 Å². The molecule has 0 aliphatic heterocycles. The maximum atomic E-state index is 12.0. The minimum Gasteiger partial charge on any atom is -0.399 e. The number of hydrogen-bond acceptors (Lipinski definition) is 5. The zero-order valence-electron chi connectivity index (χ0n) is 12.0. The minimum atomic E-state index is -0.508. The Morgan fingerprint density at radius 2 is 2.00 bits per heavy atom. The minimum absolute atomic E-state index is 0.0563. The molecule has 2 aromatic rings. The summed E-state index contributed by atoms with van der Waals surface area (Å²) < 4.78 is 0. The predicted molar refractivity (Wildman–Crippen MR) is 85.8 cm³/mol. The first-order valence-electron chi connectivity index (χ1n) is 6.55. The van der Waals surface area contributed by atoms with Gasteiger partial charge in [-0.2, -0.15) is 5.26 Å². The maximum Gasteiger partial charge on any atom is 0.267 e. The molecule has 0 bridgehead atoms. The van der Waals surface area contributed by atoms with E-state index in [1.165, 1.54) is 6.20 Å². The number of aryl methyl sites for hydroxylation is 1. The van der Waals surface area contributed by atoms with E-state index < -0.39 is 5.91 Å². The average molecular weight is 293 g/mol. The number of nitriles is 1. The molecule has 0 atom stereocenters. The van der Waals surface area contributed by atoms with Crippen LogP contribution in [-0.2, 0) is 4.79 Å². The number of carbonyl (C=O) groups excluding carboxylic acids is 1. The number of amides is 1. The summed E-state index contributed by atoms with van der Waals surface area (Å²) in [6.07, 6.45) is 3.01. The molecule has 1 amide bonds. The van der Waals surface area contributed by atoms with E-state index in [1.807, 2.05) is 19.1 Å². The van der Waals surface area contributed by atoms with E-state index in [-0.39, 0.29) is 5.57 Å². The predicted octanol–water partition coefficient (Wildman–Crippen LogP) is 2.43. The van der Waals surface area contributed by atoms with Crippen molar-refractivity contribution in [3.8, 4) is 6.07 Å². The molecule has 0 unspecified atom stereocenters. The first-order chi connectivity index (χ1) is 10.6. The van der Waals surface area contributed by atoms with Crippen LogP contribution in [0.2, 0.25) is 0 Å². The molecule has 6 nitrogen and oxygen atoms in total. The standard InChI is InChI=1S/C16H15N5O/c1-11-2-7-15(19-9-11)20-10-12(8-17)16(22)21-14-5-3-13(18)4-6-14/h2-7,9-10H,18H2,1H3,(H,19,20)(H,21,22)/b12-10-. The van der Waals surface area contributed by atoms with Gasteiger partial charge in [0.15, 0.2) is 0 Å². The molecule has 6 heteroatoms. The van der Waals surface area contributed by atoms with Gasteiger partial charge in [-0.1, -0.05) is 6.07 Å². The highest BCUT2D eigenvalue weighted by atomic mass is 16.1. The van der Waals surface area contributed by atoms with Gasteiger partial charge in [0.2, 0.25) is 0 Å². The van der Waals surface area contributed by atoms with Crippen LogP contribution in [0.1, 0.15) is 5.56 Å². The number of aromatic nitrogens is 1. The Labute approximate surface area is 128 Å². The lowest BCUT2D eigenvalue weighted by molar-refractivity contribution is -0.112. The third kappa shape index (κ3) is 4.08. The Kier molecular flexibility index (Phi) is 4.73. The van der Waals surface area contributed by atoms with Gasteiger partial charge in [0.25, 0.3) is 5.91 Å². The molecule has 0 radical (unpaired) electrons. The molecule has 0 aliphatic carbocycles. The summed E-state index contributed by atoms with van der Waals surface area (Å²) in [4.78, 5) is 16.1. The number of hydrogen-bond donors (Lipinski definition) is 3. The van der Waals surface area contributed by atoms with Crippen molar-refractivity contribution in [1.29, 1.82) is 5.26 Å². The lowest BCUT2D eigenvalue weighted by Crippen LogP contribution is -2.14. The van der Waals surface area contributed by atoms with Crippen LogP contribution in [0, 0.1) is 18.3 Å². The number of nitrogen functional groups attached to an aromatic ring is 1. The van der Waals surface area contributed by atoms with Crippen LogP contribution < -0.4 is 16.4 Å². The first-order valence-corrected chi connectivity index (χ1v) is 6.55. The molecular formula is C16H15N5O. The van der Waals surface area contributed by atoms with Crippen molar-refractivity contribution < 1.29 is 4.79 Å². The van der Waals surface area contributed by atoms with Gasteiger partial charge in [0.1, 0.15) is 17.5 Å². The number of nitrogens with one attached hydrogen (secondary N) is 2. The summed E-state index contributed by atoms with van der Waals surface area (Å²) >= 11 is 0. The summed E-state index contributed by atoms with van der Waals surface area (Å²) in [5.74, 6) is 0.0468. The third-order valence-corrected chi connectivity index (χ3v) is 2.81. The fourth-order valence-corrected chi connectivity index (χ4v) is 1.61. The van der Waals surface area contributed by atoms with Gasteiger partial charge in [0, 0.05) is 23.8 Å². The van der Waals surface area contributed by atoms with E-state index >= 15 is 0 Å². The molecule has 22 heavy (non-hydrogen) atoms. The van der Waals surface area contributed by atoms with Crippen molar-refractivity contribution in [3.05, 3.63) is 59.9 Å². The van der Waals surface area contributed by atoms with E-state index in [9.17, 15) is 4.79 Å². The second kappa shape index (κ2) is 6.90. The van der Waals surface area contributed by atoms with E-state index in [1.54, 1.807) is 36.5 Å². The highest BCUT2D eigenvalue weighted by Crippen LogP contribution is 2.12. The van der Waals surface area contributed by atoms with Crippen molar-refractivity contribution in [2.75, 3.05) is 16.4 Å². The van der Waals surface area contributed by atoms with Gasteiger partial charge in [-0.3, -0.25) is 4.79 Å². The van der Waals surface area contributed by atoms with Crippen LogP contribution >= 0.6 is 0 Å². The summed E-state index contributed by atoms with van der Waals surface area (Å²) in [5.41, 5.74) is 7.70. The lowest BCUT2D eigenvalue weighted by Gasteiger charge is -2.05. The number of rotatable bonds is 4. The van der Waals surface area contributed by atoms with E-state index in [2.05, 4.69) is 15.6 Å². The quantitative estimate of drug-likeness (QED) is 0.456. The summed E-state index contributed by atoms with van der Waals surface area (Å²) in [6.45, 7) is 1.92. The van der Waals surface area contributed by atoms with Crippen LogP contribution in [0.3, 0.4) is 0 Å². The first kappa shape index (κ1) is 15.1. The zero-order valence-corrected chi connectivity index (χ0v) is 12.0. The summed E-state index contributed by atoms with van der Waals surface area (Å²) in [5, 5.41) is 14.5. The number of nitrogens with zero attached hydrogens (tertiary/aromatic N) is 2. The second-order valence-corrected chi connectivity index (χ2v) is 4.61. The maximum absolute atomic E-state index is 12.0. The normalized spacial score (nSPS) is 10.6. The van der Waals surface area contributed by atoms with Crippen LogP contribution in [0.15, 0.2) is 54.4 Å². The van der Waals surface area contributed by atoms with E-state index in [0.29, 0.717) is 17.2 Å². The molecule has 0 fully saturated rings. The fourth-order valence-electron chi connectivity index (χ4n) is 1.61. The summed E-state index contributed by atoms with van der Waals surface area (Å²) in [6, 6.07) is 12.2. The van der Waals surface area contributed by atoms with Crippen LogP contribution in [-0.4, -0.2) is 10.9 Å². The van der Waals surface area contributed by atoms with Gasteiger partial charge < -0.3 is 16.4 Å². The number of pyridine rings is 1. The molecule has 0 spiro atoms. The molecule has 0 saturated carbocycles. The Bertz CT molecular complexity index is 727. The number of carbonyl (C=O) groups is 1. The monoisotopic (exact) mass is 293 g/mol. The van der Waals surface area contributed by atoms with Gasteiger partial charge in [-0.15, -0.1) is 0 Å². The third-order valence-electron chi connectivity index (χ3n) is 2.81. The average Bonchev–Trinajstić information content (AvgIpc) is 2.52. The zero-order chi connectivity index (χ0) is 15.9. The second-order valence-electron chi connectivity index (χ2n) is 4.61. The topological polar surface area (TPSA) is 104 Å². The largest absolute Gasteiger partial charge is 0.399 e. The Morgan fingerprint density at radius 1 is 1.27 bits per heavy atom. The molecule has 1 aromatic carbocycles. The lowest BCUT2D eigenvalue weighted by atomic mass is 10.2. The molecular weight excluding hydrogens is 278 g/mol. The molecule has 1 heterocycles. The molecule has 0 aliphatic rings.